The van der Waals surface area contributed by atoms with Crippen molar-refractivity contribution >= 4 is 26.3 Å². The molecule has 0 atom stereocenters. The maximum Gasteiger partial charge on any atom is 0.185 e. The molecule has 5 nitrogen and oxygen atoms in total. The van der Waals surface area contributed by atoms with E-state index in [-0.39, 0.29) is 0 Å². The third kappa shape index (κ3) is 3.31. The molecule has 7 heteroatoms. The average molecular weight is 337 g/mol. The van der Waals surface area contributed by atoms with Crippen LogP contribution in [0.2, 0.25) is 0 Å². The maximum atomic E-state index is 11.5. The Morgan fingerprint density at radius 1 is 1.09 bits per heavy atom. The molecule has 0 radical (unpaired) electrons. The molecule has 0 unspecified atom stereocenters. The molecule has 0 aliphatic carbocycles. The van der Waals surface area contributed by atoms with Crippen molar-refractivity contribution < 1.29 is 8.42 Å². The van der Waals surface area contributed by atoms with Crippen LogP contribution in [0.3, 0.4) is 0 Å². The van der Waals surface area contributed by atoms with Gasteiger partial charge in [-0.05, 0) is 19.2 Å². The molecule has 2 aromatic rings. The van der Waals surface area contributed by atoms with Gasteiger partial charge in [0.25, 0.3) is 0 Å². The van der Waals surface area contributed by atoms with Gasteiger partial charge in [-0.1, -0.05) is 12.1 Å². The number of hydrogen-bond donors (Lipinski definition) is 0. The smallest absolute Gasteiger partial charge is 0.185 e. The molecule has 0 amide bonds. The number of anilines is 1. The lowest BCUT2D eigenvalue weighted by Crippen LogP contribution is -2.44. The van der Waals surface area contributed by atoms with Crippen molar-refractivity contribution in [1.29, 1.82) is 0 Å². The van der Waals surface area contributed by atoms with Crippen LogP contribution in [0.4, 0.5) is 5.13 Å². The predicted molar refractivity (Wildman–Crippen MR) is 90.4 cm³/mol. The van der Waals surface area contributed by atoms with E-state index in [0.29, 0.717) is 4.90 Å². The number of piperazine rings is 1. The molecule has 0 N–H and O–H groups in total. The first-order valence-corrected chi connectivity index (χ1v) is 9.90. The quantitative estimate of drug-likeness (QED) is 0.857. The van der Waals surface area contributed by atoms with Crippen molar-refractivity contribution in [3.63, 3.8) is 0 Å². The van der Waals surface area contributed by atoms with Crippen molar-refractivity contribution in [1.82, 2.24) is 9.88 Å². The van der Waals surface area contributed by atoms with Crippen molar-refractivity contribution in [2.45, 2.75) is 4.90 Å². The van der Waals surface area contributed by atoms with E-state index in [1.165, 1.54) is 6.26 Å². The second-order valence-electron chi connectivity index (χ2n) is 5.60. The normalized spacial score (nSPS) is 16.9. The zero-order chi connectivity index (χ0) is 15.7. The van der Waals surface area contributed by atoms with E-state index < -0.39 is 9.84 Å². The zero-order valence-electron chi connectivity index (χ0n) is 12.7. The molecule has 1 saturated heterocycles. The summed E-state index contributed by atoms with van der Waals surface area (Å²) in [6.07, 6.45) is 1.22. The van der Waals surface area contributed by atoms with E-state index in [9.17, 15) is 8.42 Å². The second kappa shape index (κ2) is 5.98. The van der Waals surface area contributed by atoms with Gasteiger partial charge >= 0.3 is 0 Å². The first-order valence-electron chi connectivity index (χ1n) is 7.13. The molecule has 3 rings (SSSR count). The molecule has 1 fully saturated rings. The zero-order valence-corrected chi connectivity index (χ0v) is 14.3. The Kier molecular flexibility index (Phi) is 4.20. The number of aromatic nitrogens is 1. The Labute approximate surface area is 135 Å². The van der Waals surface area contributed by atoms with Gasteiger partial charge < -0.3 is 9.80 Å². The number of benzene rings is 1. The molecule has 22 heavy (non-hydrogen) atoms. The van der Waals surface area contributed by atoms with Gasteiger partial charge in [-0.2, -0.15) is 0 Å². The molecule has 118 valence electrons. The van der Waals surface area contributed by atoms with Crippen LogP contribution in [0.15, 0.2) is 34.5 Å². The number of hydrogen-bond acceptors (Lipinski definition) is 6. The predicted octanol–water partition coefficient (Wildman–Crippen LogP) is 1.97. The van der Waals surface area contributed by atoms with E-state index >= 15 is 0 Å². The van der Waals surface area contributed by atoms with Crippen LogP contribution >= 0.6 is 11.3 Å². The summed E-state index contributed by atoms with van der Waals surface area (Å²) in [7, 11) is -1.02. The van der Waals surface area contributed by atoms with Crippen LogP contribution in [-0.4, -0.2) is 57.8 Å². The number of thiazole rings is 1. The summed E-state index contributed by atoms with van der Waals surface area (Å²) in [6.45, 7) is 4.10. The lowest BCUT2D eigenvalue weighted by atomic mass is 10.2. The molecular weight excluding hydrogens is 318 g/mol. The fourth-order valence-electron chi connectivity index (χ4n) is 2.41. The Morgan fingerprint density at radius 2 is 1.73 bits per heavy atom. The van der Waals surface area contributed by atoms with Gasteiger partial charge in [-0.25, -0.2) is 13.4 Å². The van der Waals surface area contributed by atoms with E-state index in [2.05, 4.69) is 16.8 Å². The van der Waals surface area contributed by atoms with Crippen LogP contribution in [0.5, 0.6) is 0 Å². The van der Waals surface area contributed by atoms with Crippen molar-refractivity contribution in [2.75, 3.05) is 44.4 Å². The highest BCUT2D eigenvalue weighted by Crippen LogP contribution is 2.28. The largest absolute Gasteiger partial charge is 0.346 e. The van der Waals surface area contributed by atoms with Crippen molar-refractivity contribution in [3.8, 4) is 11.3 Å². The van der Waals surface area contributed by atoms with Gasteiger partial charge in [0.1, 0.15) is 0 Å². The number of nitrogens with zero attached hydrogens (tertiary/aromatic N) is 3. The first kappa shape index (κ1) is 15.5. The van der Waals surface area contributed by atoms with Gasteiger partial charge in [0.05, 0.1) is 10.6 Å². The Bertz CT molecular complexity index is 745. The summed E-state index contributed by atoms with van der Waals surface area (Å²) in [4.78, 5) is 9.66. The maximum absolute atomic E-state index is 11.5. The van der Waals surface area contributed by atoms with Gasteiger partial charge in [0.15, 0.2) is 15.0 Å². The monoisotopic (exact) mass is 337 g/mol. The molecule has 1 aliphatic rings. The third-order valence-corrected chi connectivity index (χ3v) is 5.87. The van der Waals surface area contributed by atoms with Crippen LogP contribution in [0.1, 0.15) is 0 Å². The fourth-order valence-corrected chi connectivity index (χ4v) is 3.93. The molecule has 1 aliphatic heterocycles. The molecule has 1 aromatic heterocycles. The summed E-state index contributed by atoms with van der Waals surface area (Å²) in [5.74, 6) is 0. The molecular formula is C15H19N3O2S2. The number of sulfone groups is 1. The topological polar surface area (TPSA) is 53.5 Å². The second-order valence-corrected chi connectivity index (χ2v) is 8.45. The van der Waals surface area contributed by atoms with Gasteiger partial charge in [0.2, 0.25) is 0 Å². The Hall–Kier alpha value is -1.44. The molecule has 0 spiro atoms. The minimum absolute atomic E-state index is 0.339. The lowest BCUT2D eigenvalue weighted by molar-refractivity contribution is 0.313. The van der Waals surface area contributed by atoms with E-state index in [1.807, 2.05) is 17.5 Å². The SMILES string of the molecule is CN1CCN(c2nc(-c3ccc(S(C)(=O)=O)cc3)cs2)CC1. The third-order valence-electron chi connectivity index (χ3n) is 3.84. The van der Waals surface area contributed by atoms with Crippen LogP contribution in [0, 0.1) is 0 Å². The highest BCUT2D eigenvalue weighted by atomic mass is 32.2. The highest BCUT2D eigenvalue weighted by molar-refractivity contribution is 7.90. The lowest BCUT2D eigenvalue weighted by Gasteiger charge is -2.32. The van der Waals surface area contributed by atoms with E-state index in [4.69, 9.17) is 4.98 Å². The Morgan fingerprint density at radius 3 is 2.32 bits per heavy atom. The van der Waals surface area contributed by atoms with Gasteiger partial charge in [-0.15, -0.1) is 11.3 Å². The minimum Gasteiger partial charge on any atom is -0.346 e. The van der Waals surface area contributed by atoms with Gasteiger partial charge in [-0.3, -0.25) is 0 Å². The van der Waals surface area contributed by atoms with Crippen LogP contribution < -0.4 is 4.90 Å². The molecule has 2 heterocycles. The number of rotatable bonds is 3. The molecule has 1 aromatic carbocycles. The summed E-state index contributed by atoms with van der Waals surface area (Å²) in [6, 6.07) is 6.91. The number of likely N-dealkylation sites (N-methyl/N-ethyl adjacent to an activating group) is 1. The minimum atomic E-state index is -3.15. The summed E-state index contributed by atoms with van der Waals surface area (Å²) in [5.41, 5.74) is 1.85. The van der Waals surface area contributed by atoms with E-state index in [1.54, 1.807) is 23.5 Å². The van der Waals surface area contributed by atoms with Crippen molar-refractivity contribution in [3.05, 3.63) is 29.6 Å². The summed E-state index contributed by atoms with van der Waals surface area (Å²) in [5, 5.41) is 3.07. The van der Waals surface area contributed by atoms with Gasteiger partial charge in [0, 0.05) is 43.4 Å². The summed E-state index contributed by atoms with van der Waals surface area (Å²) >= 11 is 1.64. The fraction of sp³-hybridized carbons (Fsp3) is 0.400. The highest BCUT2D eigenvalue weighted by Gasteiger charge is 2.17. The van der Waals surface area contributed by atoms with E-state index in [0.717, 1.165) is 42.6 Å². The summed E-state index contributed by atoms with van der Waals surface area (Å²) < 4.78 is 23.0. The van der Waals surface area contributed by atoms with Crippen LogP contribution in [0.25, 0.3) is 11.3 Å². The molecule has 0 saturated carbocycles. The average Bonchev–Trinajstić information content (AvgIpc) is 2.97. The van der Waals surface area contributed by atoms with Crippen LogP contribution in [-0.2, 0) is 9.84 Å². The molecule has 0 bridgehead atoms. The standard InChI is InChI=1S/C15H19N3O2S2/c1-17-7-9-18(10-8-17)15-16-14(11-21-15)12-3-5-13(6-4-12)22(2,19)20/h3-6,11H,7-10H2,1-2H3. The first-order chi connectivity index (χ1) is 10.4. The van der Waals surface area contributed by atoms with Crippen molar-refractivity contribution in [2.24, 2.45) is 0 Å². The Balaban J connectivity index is 1.79.